The Labute approximate surface area is 116 Å². The number of nitrogens with one attached hydrogen (secondary N) is 2. The number of fused-ring (bicyclic) bond motifs is 1. The number of carbonyl (C=O) groups is 1. The van der Waals surface area contributed by atoms with Crippen molar-refractivity contribution in [1.29, 1.82) is 0 Å². The van der Waals surface area contributed by atoms with Crippen LogP contribution >= 0.6 is 0 Å². The van der Waals surface area contributed by atoms with Gasteiger partial charge in [0.2, 0.25) is 5.91 Å². The smallest absolute Gasteiger partial charge is 0.249 e. The normalized spacial score (nSPS) is 22.2. The van der Waals surface area contributed by atoms with E-state index in [4.69, 9.17) is 10.5 Å². The molecule has 6 heteroatoms. The predicted octanol–water partition coefficient (Wildman–Crippen LogP) is 0.685. The topological polar surface area (TPSA) is 93.0 Å². The van der Waals surface area contributed by atoms with Crippen LogP contribution in [-0.4, -0.2) is 34.6 Å². The molecule has 0 aliphatic carbocycles. The van der Waals surface area contributed by atoms with E-state index in [0.717, 1.165) is 29.7 Å². The summed E-state index contributed by atoms with van der Waals surface area (Å²) in [5.74, 6) is 0.648. The molecule has 2 aromatic rings. The lowest BCUT2D eigenvalue weighted by molar-refractivity contribution is -0.132. The number of nitrogens with zero attached hydrogens (tertiary/aromatic N) is 1. The zero-order chi connectivity index (χ0) is 13.9. The van der Waals surface area contributed by atoms with Crippen LogP contribution in [0.2, 0.25) is 0 Å². The highest BCUT2D eigenvalue weighted by molar-refractivity contribution is 5.81. The molecule has 1 aromatic carbocycles. The van der Waals surface area contributed by atoms with Crippen LogP contribution in [0.4, 0.5) is 0 Å². The van der Waals surface area contributed by atoms with E-state index in [1.165, 1.54) is 0 Å². The lowest BCUT2D eigenvalue weighted by atomic mass is 10.2. The summed E-state index contributed by atoms with van der Waals surface area (Å²) in [6.45, 7) is 0.841. The van der Waals surface area contributed by atoms with Crippen molar-refractivity contribution in [1.82, 2.24) is 15.3 Å². The van der Waals surface area contributed by atoms with E-state index in [9.17, 15) is 4.79 Å². The van der Waals surface area contributed by atoms with Crippen LogP contribution in [0, 0.1) is 0 Å². The Morgan fingerprint density at radius 3 is 3.05 bits per heavy atom. The minimum absolute atomic E-state index is 0.0111. The van der Waals surface area contributed by atoms with Gasteiger partial charge in [0.15, 0.2) is 0 Å². The van der Waals surface area contributed by atoms with Crippen molar-refractivity contribution >= 4 is 16.9 Å². The number of nitrogens with two attached hydrogens (primary N) is 1. The van der Waals surface area contributed by atoms with Crippen LogP contribution in [0.5, 0.6) is 0 Å². The summed E-state index contributed by atoms with van der Waals surface area (Å²) in [6, 6.07) is 7.77. The summed E-state index contributed by atoms with van der Waals surface area (Å²) >= 11 is 0. The largest absolute Gasteiger partial charge is 0.364 e. The fraction of sp³-hybridized carbons (Fsp3) is 0.429. The van der Waals surface area contributed by atoms with E-state index >= 15 is 0 Å². The minimum Gasteiger partial charge on any atom is -0.364 e. The minimum atomic E-state index is -0.382. The first-order valence-corrected chi connectivity index (χ1v) is 6.83. The van der Waals surface area contributed by atoms with Gasteiger partial charge in [-0.3, -0.25) is 4.79 Å². The Morgan fingerprint density at radius 2 is 2.30 bits per heavy atom. The third-order valence-corrected chi connectivity index (χ3v) is 3.53. The first kappa shape index (κ1) is 13.1. The van der Waals surface area contributed by atoms with Gasteiger partial charge in [-0.15, -0.1) is 0 Å². The molecule has 1 aliphatic rings. The van der Waals surface area contributed by atoms with Gasteiger partial charge >= 0.3 is 0 Å². The molecule has 2 heterocycles. The third-order valence-electron chi connectivity index (χ3n) is 3.53. The summed E-state index contributed by atoms with van der Waals surface area (Å²) in [7, 11) is 0. The van der Waals surface area contributed by atoms with Crippen molar-refractivity contribution in [2.24, 2.45) is 5.73 Å². The Bertz CT molecular complexity index is 577. The molecule has 0 saturated carbocycles. The number of ether oxygens (including phenoxy) is 1. The summed E-state index contributed by atoms with van der Waals surface area (Å²) in [5.41, 5.74) is 7.40. The standard InChI is InChI=1S/C14H18N4O2/c15-7-9-5-6-12(20-9)14(19)16-8-13-17-10-3-1-2-4-11(10)18-13/h1-4,9,12H,5-8,15H2,(H,16,19)(H,17,18)/t9-,12+/m1/s1. The molecule has 0 spiro atoms. The molecule has 1 fully saturated rings. The molecule has 0 bridgehead atoms. The van der Waals surface area contributed by atoms with Crippen molar-refractivity contribution < 1.29 is 9.53 Å². The number of H-pyrrole nitrogens is 1. The molecule has 20 heavy (non-hydrogen) atoms. The van der Waals surface area contributed by atoms with Crippen LogP contribution in [0.1, 0.15) is 18.7 Å². The number of hydrogen-bond acceptors (Lipinski definition) is 4. The molecule has 3 rings (SSSR count). The van der Waals surface area contributed by atoms with Crippen molar-refractivity contribution in [3.8, 4) is 0 Å². The van der Waals surface area contributed by atoms with Crippen LogP contribution in [0.25, 0.3) is 11.0 Å². The Morgan fingerprint density at radius 1 is 1.45 bits per heavy atom. The molecular weight excluding hydrogens is 256 g/mol. The third kappa shape index (κ3) is 2.66. The van der Waals surface area contributed by atoms with Crippen LogP contribution in [0.3, 0.4) is 0 Å². The highest BCUT2D eigenvalue weighted by Crippen LogP contribution is 2.19. The maximum absolute atomic E-state index is 12.0. The summed E-state index contributed by atoms with van der Waals surface area (Å²) in [4.78, 5) is 19.6. The van der Waals surface area contributed by atoms with Crippen molar-refractivity contribution in [3.63, 3.8) is 0 Å². The molecule has 2 atom stereocenters. The molecule has 0 unspecified atom stereocenters. The fourth-order valence-corrected chi connectivity index (χ4v) is 2.45. The second-order valence-corrected chi connectivity index (χ2v) is 4.98. The Hall–Kier alpha value is -1.92. The Kier molecular flexibility index (Phi) is 3.66. The van der Waals surface area contributed by atoms with Gasteiger partial charge < -0.3 is 20.8 Å². The molecule has 4 N–H and O–H groups in total. The number of carbonyl (C=O) groups excluding carboxylic acids is 1. The molecule has 1 aromatic heterocycles. The van der Waals surface area contributed by atoms with E-state index in [1.54, 1.807) is 0 Å². The highest BCUT2D eigenvalue weighted by Gasteiger charge is 2.29. The monoisotopic (exact) mass is 274 g/mol. The zero-order valence-electron chi connectivity index (χ0n) is 11.1. The number of amides is 1. The predicted molar refractivity (Wildman–Crippen MR) is 74.9 cm³/mol. The maximum Gasteiger partial charge on any atom is 0.249 e. The molecule has 1 amide bonds. The second kappa shape index (κ2) is 5.60. The van der Waals surface area contributed by atoms with Crippen LogP contribution in [0.15, 0.2) is 24.3 Å². The number of benzene rings is 1. The van der Waals surface area contributed by atoms with E-state index in [-0.39, 0.29) is 18.1 Å². The quantitative estimate of drug-likeness (QED) is 0.764. The van der Waals surface area contributed by atoms with E-state index < -0.39 is 0 Å². The van der Waals surface area contributed by atoms with E-state index in [1.807, 2.05) is 24.3 Å². The lowest BCUT2D eigenvalue weighted by Gasteiger charge is -2.11. The number of rotatable bonds is 4. The maximum atomic E-state index is 12.0. The molecular formula is C14H18N4O2. The average Bonchev–Trinajstić information content (AvgIpc) is 3.10. The number of aromatic nitrogens is 2. The van der Waals surface area contributed by atoms with Crippen molar-refractivity contribution in [3.05, 3.63) is 30.1 Å². The summed E-state index contributed by atoms with van der Waals surface area (Å²) in [5, 5.41) is 2.85. The first-order chi connectivity index (χ1) is 9.76. The van der Waals surface area contributed by atoms with E-state index in [2.05, 4.69) is 15.3 Å². The first-order valence-electron chi connectivity index (χ1n) is 6.83. The average molecular weight is 274 g/mol. The SMILES string of the molecule is NC[C@H]1CC[C@@H](C(=O)NCc2nc3ccccc3[nH]2)O1. The second-order valence-electron chi connectivity index (χ2n) is 4.98. The molecule has 1 saturated heterocycles. The van der Waals surface area contributed by atoms with Gasteiger partial charge in [0.25, 0.3) is 0 Å². The number of imidazole rings is 1. The highest BCUT2D eigenvalue weighted by atomic mass is 16.5. The van der Waals surface area contributed by atoms with Gasteiger partial charge in [-0.05, 0) is 25.0 Å². The lowest BCUT2D eigenvalue weighted by Crippen LogP contribution is -2.35. The van der Waals surface area contributed by atoms with Gasteiger partial charge in [0.1, 0.15) is 11.9 Å². The van der Waals surface area contributed by atoms with Crippen molar-refractivity contribution in [2.45, 2.75) is 31.6 Å². The fourth-order valence-electron chi connectivity index (χ4n) is 2.45. The van der Waals surface area contributed by atoms with Gasteiger partial charge in [-0.25, -0.2) is 4.98 Å². The van der Waals surface area contributed by atoms with Crippen molar-refractivity contribution in [2.75, 3.05) is 6.54 Å². The molecule has 0 radical (unpaired) electrons. The molecule has 1 aliphatic heterocycles. The summed E-state index contributed by atoms with van der Waals surface area (Å²) in [6.07, 6.45) is 1.21. The Balaban J connectivity index is 1.57. The van der Waals surface area contributed by atoms with Gasteiger partial charge in [0.05, 0.1) is 23.7 Å². The molecule has 6 nitrogen and oxygen atoms in total. The molecule has 106 valence electrons. The van der Waals surface area contributed by atoms with E-state index in [0.29, 0.717) is 13.1 Å². The summed E-state index contributed by atoms with van der Waals surface area (Å²) < 4.78 is 5.55. The van der Waals surface area contributed by atoms with Gasteiger partial charge in [-0.2, -0.15) is 0 Å². The van der Waals surface area contributed by atoms with Gasteiger partial charge in [-0.1, -0.05) is 12.1 Å². The van der Waals surface area contributed by atoms with Crippen LogP contribution < -0.4 is 11.1 Å². The van der Waals surface area contributed by atoms with Gasteiger partial charge in [0, 0.05) is 6.54 Å². The number of para-hydroxylation sites is 2. The van der Waals surface area contributed by atoms with Crippen LogP contribution in [-0.2, 0) is 16.1 Å². The zero-order valence-corrected chi connectivity index (χ0v) is 11.1. The number of aromatic amines is 1. The number of hydrogen-bond donors (Lipinski definition) is 3.